The SMILES string of the molecule is CC(C)C[C@H](NC(=O)[C@H](CCC(N)=O)NC(=O)[C@@H]1CCCN1C(=O)[C@@H](NC(=O)[C@H](CS)NC(=O)[C@H](Cc1c[nH]c2ccccc12)NC(=O)[C@H](CC(C)C)NC(=O)[C@@H](N)CS)C(C)C)C(=O)N[C@@H](CCCN=C(N)N)C(=O)O. The summed E-state index contributed by atoms with van der Waals surface area (Å²) in [6, 6.07) is -3.83. The quantitative estimate of drug-likeness (QED) is 0.0171. The summed E-state index contributed by atoms with van der Waals surface area (Å²) in [6.07, 6.45) is 1.98. The number of carboxylic acids is 1. The fourth-order valence-corrected chi connectivity index (χ4v) is 9.04. The number of nitrogens with two attached hydrogens (primary N) is 4. The molecule has 0 saturated carbocycles. The molecule has 9 amide bonds. The number of benzene rings is 1. The highest BCUT2D eigenvalue weighted by Gasteiger charge is 2.41. The maximum Gasteiger partial charge on any atom is 0.326 e. The zero-order valence-corrected chi connectivity index (χ0v) is 46.4. The summed E-state index contributed by atoms with van der Waals surface area (Å²) in [4.78, 5) is 144. The largest absolute Gasteiger partial charge is 0.480 e. The minimum absolute atomic E-state index is 0.0225. The Morgan fingerprint density at radius 2 is 1.25 bits per heavy atom. The van der Waals surface area contributed by atoms with Crippen LogP contribution >= 0.6 is 25.3 Å². The highest BCUT2D eigenvalue weighted by molar-refractivity contribution is 7.80. The van der Waals surface area contributed by atoms with Gasteiger partial charge in [0.2, 0.25) is 53.2 Å². The molecule has 1 aromatic carbocycles. The van der Waals surface area contributed by atoms with Crippen molar-refractivity contribution < 1.29 is 53.1 Å². The summed E-state index contributed by atoms with van der Waals surface area (Å²) in [5, 5.41) is 29.1. The Balaban J connectivity index is 1.83. The number of nitrogens with zero attached hydrogens (tertiary/aromatic N) is 2. The van der Waals surface area contributed by atoms with E-state index in [9.17, 15) is 53.1 Å². The Hall–Kier alpha value is -6.61. The molecule has 0 radical (unpaired) electrons. The molecular weight excluding hydrogens is 1040 g/mol. The summed E-state index contributed by atoms with van der Waals surface area (Å²) < 4.78 is 0. The Morgan fingerprint density at radius 1 is 0.701 bits per heavy atom. The van der Waals surface area contributed by atoms with Gasteiger partial charge in [0.25, 0.3) is 0 Å². The number of carboxylic acid groups (broad SMARTS) is 1. The second kappa shape index (κ2) is 31.6. The lowest BCUT2D eigenvalue weighted by atomic mass is 10.00. The van der Waals surface area contributed by atoms with E-state index in [1.807, 2.05) is 38.1 Å². The van der Waals surface area contributed by atoms with E-state index in [1.54, 1.807) is 33.9 Å². The zero-order chi connectivity index (χ0) is 57.7. The summed E-state index contributed by atoms with van der Waals surface area (Å²) in [5.74, 6) is -9.27. The average molecular weight is 1120 g/mol. The first-order valence-corrected chi connectivity index (χ1v) is 27.1. The maximum atomic E-state index is 14.5. The lowest BCUT2D eigenvalue weighted by molar-refractivity contribution is -0.143. The first-order chi connectivity index (χ1) is 36.3. The van der Waals surface area contributed by atoms with Crippen LogP contribution in [0.15, 0.2) is 35.5 Å². The fourth-order valence-electron chi connectivity index (χ4n) is 8.61. The summed E-state index contributed by atoms with van der Waals surface area (Å²) >= 11 is 8.46. The molecule has 0 aliphatic carbocycles. The third kappa shape index (κ3) is 20.7. The first-order valence-electron chi connectivity index (χ1n) is 25.8. The van der Waals surface area contributed by atoms with Gasteiger partial charge in [-0.25, -0.2) is 4.79 Å². The molecule has 27 heteroatoms. The van der Waals surface area contributed by atoms with Crippen LogP contribution in [0.5, 0.6) is 0 Å². The number of para-hydroxylation sites is 1. The van der Waals surface area contributed by atoms with Crippen molar-refractivity contribution in [3.05, 3.63) is 36.0 Å². The number of rotatable bonds is 32. The second-order valence-electron chi connectivity index (χ2n) is 20.4. The highest BCUT2D eigenvalue weighted by atomic mass is 32.1. The normalized spacial score (nSPS) is 16.5. The average Bonchev–Trinajstić information content (AvgIpc) is 4.03. The zero-order valence-electron chi connectivity index (χ0n) is 44.6. The molecule has 77 heavy (non-hydrogen) atoms. The Kier molecular flexibility index (Phi) is 26.5. The van der Waals surface area contributed by atoms with E-state index < -0.39 is 119 Å². The van der Waals surface area contributed by atoms with E-state index in [0.717, 1.165) is 10.9 Å². The maximum absolute atomic E-state index is 14.5. The van der Waals surface area contributed by atoms with Gasteiger partial charge in [0.1, 0.15) is 48.3 Å². The van der Waals surface area contributed by atoms with Crippen molar-refractivity contribution in [3.8, 4) is 0 Å². The van der Waals surface area contributed by atoms with Gasteiger partial charge in [-0.15, -0.1) is 0 Å². The monoisotopic (exact) mass is 1120 g/mol. The van der Waals surface area contributed by atoms with Crippen molar-refractivity contribution >= 4 is 101 Å². The predicted molar refractivity (Wildman–Crippen MR) is 296 cm³/mol. The molecule has 0 bridgehead atoms. The molecule has 9 atom stereocenters. The lowest BCUT2D eigenvalue weighted by Crippen LogP contribution is -2.61. The molecular formula is C50H80N14O11S2. The fraction of sp³-hybridized carbons (Fsp3) is 0.620. The van der Waals surface area contributed by atoms with Crippen molar-refractivity contribution in [2.75, 3.05) is 24.6 Å². The van der Waals surface area contributed by atoms with E-state index in [4.69, 9.17) is 22.9 Å². The molecule has 428 valence electrons. The van der Waals surface area contributed by atoms with E-state index in [-0.39, 0.29) is 93.8 Å². The smallest absolute Gasteiger partial charge is 0.326 e. The van der Waals surface area contributed by atoms with Crippen LogP contribution in [0.2, 0.25) is 0 Å². The number of hydrogen-bond donors (Lipinski definition) is 15. The number of primary amides is 1. The van der Waals surface area contributed by atoms with E-state index in [1.165, 1.54) is 4.90 Å². The Morgan fingerprint density at radius 3 is 1.81 bits per heavy atom. The predicted octanol–water partition coefficient (Wildman–Crippen LogP) is -1.57. The second-order valence-corrected chi connectivity index (χ2v) is 21.1. The highest BCUT2D eigenvalue weighted by Crippen LogP contribution is 2.23. The van der Waals surface area contributed by atoms with Crippen LogP contribution in [0.4, 0.5) is 0 Å². The van der Waals surface area contributed by atoms with Crippen molar-refractivity contribution in [2.45, 2.75) is 154 Å². The molecule has 2 aromatic rings. The molecule has 1 aliphatic heterocycles. The number of aliphatic imine (C=N–C) groups is 1. The van der Waals surface area contributed by atoms with Gasteiger partial charge in [0, 0.05) is 54.5 Å². The van der Waals surface area contributed by atoms with Gasteiger partial charge >= 0.3 is 5.97 Å². The van der Waals surface area contributed by atoms with Crippen molar-refractivity contribution in [3.63, 3.8) is 0 Å². The third-order valence-corrected chi connectivity index (χ3v) is 13.5. The van der Waals surface area contributed by atoms with E-state index >= 15 is 0 Å². The van der Waals surface area contributed by atoms with Crippen molar-refractivity contribution in [1.82, 2.24) is 47.1 Å². The van der Waals surface area contributed by atoms with Crippen molar-refractivity contribution in [1.29, 1.82) is 0 Å². The van der Waals surface area contributed by atoms with Gasteiger partial charge in [0.05, 0.1) is 6.04 Å². The number of aromatic nitrogens is 1. The molecule has 0 spiro atoms. The number of thiol groups is 2. The van der Waals surface area contributed by atoms with Gasteiger partial charge in [-0.2, -0.15) is 25.3 Å². The van der Waals surface area contributed by atoms with Gasteiger partial charge in [0.15, 0.2) is 5.96 Å². The number of carbonyl (C=O) groups is 10. The standard InChI is InChI=1S/C50H80N14O11S2/c1-25(2)19-34(59-41(66)30(51)23-76)44(69)61-36(21-28-22-56-31-12-8-7-11-29(28)31)45(70)62-37(24-77)46(71)63-40(27(5)6)48(73)64-18-10-14-38(64)47(72)57-32(15-16-39(52)65)42(67)60-35(20-26(3)4)43(68)58-33(49(74)75)13-9-17-55-50(53)54/h7-8,11-12,22,25-27,30,32-38,40,56,76-77H,9-10,13-21,23-24,51H2,1-6H3,(H2,52,65)(H,57,72)(H,58,68)(H,59,66)(H,60,67)(H,61,69)(H,62,70)(H,63,71)(H,74,75)(H4,53,54,55)/t30-,32-,33-,34-,35-,36-,37-,38-,40-/m0/s1. The van der Waals surface area contributed by atoms with Crippen LogP contribution in [0.3, 0.4) is 0 Å². The first kappa shape index (κ1) is 64.7. The molecule has 1 fully saturated rings. The van der Waals surface area contributed by atoms with Gasteiger partial charge in [-0.3, -0.25) is 48.1 Å². The number of likely N-dealkylation sites (tertiary alicyclic amines) is 1. The summed E-state index contributed by atoms with van der Waals surface area (Å²) in [7, 11) is 0. The van der Waals surface area contributed by atoms with Crippen LogP contribution in [0.1, 0.15) is 98.5 Å². The number of H-pyrrole nitrogens is 1. The van der Waals surface area contributed by atoms with Crippen LogP contribution in [0.25, 0.3) is 10.9 Å². The topological polar surface area (TPSA) is 411 Å². The minimum Gasteiger partial charge on any atom is -0.480 e. The number of amides is 9. The number of aromatic amines is 1. The molecule has 1 saturated heterocycles. The molecule has 1 aromatic heterocycles. The van der Waals surface area contributed by atoms with E-state index in [2.05, 4.69) is 72.5 Å². The van der Waals surface area contributed by atoms with Gasteiger partial charge in [-0.1, -0.05) is 59.7 Å². The Bertz CT molecular complexity index is 2420. The number of nitrogens with one attached hydrogen (secondary N) is 8. The number of fused-ring (bicyclic) bond motifs is 1. The number of aliphatic carboxylic acids is 1. The summed E-state index contributed by atoms with van der Waals surface area (Å²) in [6.45, 7) is 10.8. The number of carbonyl (C=O) groups excluding carboxylic acids is 9. The number of guanidine groups is 1. The molecule has 2 heterocycles. The molecule has 25 nitrogen and oxygen atoms in total. The van der Waals surface area contributed by atoms with Crippen LogP contribution < -0.4 is 60.2 Å². The minimum atomic E-state index is -1.44. The third-order valence-electron chi connectivity index (χ3n) is 12.7. The van der Waals surface area contributed by atoms with Crippen LogP contribution in [0, 0.1) is 17.8 Å². The van der Waals surface area contributed by atoms with Gasteiger partial charge < -0.3 is 75.1 Å². The summed E-state index contributed by atoms with van der Waals surface area (Å²) in [5.41, 5.74) is 23.5. The van der Waals surface area contributed by atoms with Gasteiger partial charge in [-0.05, 0) is 74.3 Å². The molecule has 17 N–H and O–H groups in total. The van der Waals surface area contributed by atoms with E-state index in [0.29, 0.717) is 12.0 Å². The molecule has 3 rings (SSSR count). The number of hydrogen-bond acceptors (Lipinski definition) is 14. The van der Waals surface area contributed by atoms with Crippen LogP contribution in [-0.2, 0) is 54.4 Å². The molecule has 1 aliphatic rings. The lowest BCUT2D eigenvalue weighted by Gasteiger charge is -2.32. The van der Waals surface area contributed by atoms with Crippen molar-refractivity contribution in [2.24, 2.45) is 45.7 Å². The molecule has 0 unspecified atom stereocenters. The Labute approximate surface area is 459 Å². The van der Waals surface area contributed by atoms with Crippen LogP contribution in [-0.4, -0.2) is 159 Å².